The van der Waals surface area contributed by atoms with Crippen LogP contribution in [0.5, 0.6) is 0 Å². The van der Waals surface area contributed by atoms with E-state index in [1.165, 1.54) is 10.9 Å². The molecule has 0 spiro atoms. The Labute approximate surface area is 103 Å². The van der Waals surface area contributed by atoms with Crippen LogP contribution in [0, 0.1) is 0 Å². The van der Waals surface area contributed by atoms with Gasteiger partial charge in [-0.1, -0.05) is 6.07 Å². The molecule has 0 radical (unpaired) electrons. The molecule has 0 amide bonds. The summed E-state index contributed by atoms with van der Waals surface area (Å²) >= 11 is 1.71. The topological polar surface area (TPSA) is 53.7 Å². The van der Waals surface area contributed by atoms with Crippen LogP contribution in [-0.2, 0) is 13.1 Å². The first kappa shape index (κ1) is 11.9. The number of hydrogen-bond acceptors (Lipinski definition) is 4. The van der Waals surface area contributed by atoms with Crippen molar-refractivity contribution < 1.29 is 14.3 Å². The molecule has 0 unspecified atom stereocenters. The number of furan rings is 1. The number of carbonyl (C=O) groups is 1. The molecule has 0 aliphatic rings. The second-order valence-corrected chi connectivity index (χ2v) is 4.86. The largest absolute Gasteiger partial charge is 0.475 e. The van der Waals surface area contributed by atoms with Crippen molar-refractivity contribution in [2.24, 2.45) is 0 Å². The van der Waals surface area contributed by atoms with Crippen LogP contribution in [0.4, 0.5) is 0 Å². The fraction of sp³-hybridized carbons (Fsp3) is 0.250. The van der Waals surface area contributed by atoms with Crippen molar-refractivity contribution in [1.82, 2.24) is 4.90 Å². The minimum atomic E-state index is -1.03. The molecule has 17 heavy (non-hydrogen) atoms. The zero-order chi connectivity index (χ0) is 12.3. The molecule has 2 aromatic rings. The van der Waals surface area contributed by atoms with Crippen LogP contribution in [-0.4, -0.2) is 23.0 Å². The Kier molecular flexibility index (Phi) is 3.61. The standard InChI is InChI=1S/C12H13NO3S/c1-13(8-10-3-2-6-17-10)7-9-4-5-11(16-9)12(14)15/h2-6H,7-8H2,1H3,(H,14,15). The Hall–Kier alpha value is -1.59. The summed E-state index contributed by atoms with van der Waals surface area (Å²) in [5, 5.41) is 10.8. The van der Waals surface area contributed by atoms with E-state index in [0.29, 0.717) is 12.3 Å². The van der Waals surface area contributed by atoms with E-state index in [-0.39, 0.29) is 5.76 Å². The summed E-state index contributed by atoms with van der Waals surface area (Å²) in [6.45, 7) is 1.44. The number of aromatic carboxylic acids is 1. The first-order valence-corrected chi connectivity index (χ1v) is 6.06. The van der Waals surface area contributed by atoms with Gasteiger partial charge in [-0.2, -0.15) is 0 Å². The normalized spacial score (nSPS) is 10.9. The Morgan fingerprint density at radius 2 is 2.24 bits per heavy atom. The number of nitrogens with zero attached hydrogens (tertiary/aromatic N) is 1. The predicted molar refractivity (Wildman–Crippen MR) is 65.2 cm³/mol. The monoisotopic (exact) mass is 251 g/mol. The molecule has 2 heterocycles. The first-order valence-electron chi connectivity index (χ1n) is 5.18. The van der Waals surface area contributed by atoms with E-state index >= 15 is 0 Å². The number of rotatable bonds is 5. The van der Waals surface area contributed by atoms with Crippen molar-refractivity contribution >= 4 is 17.3 Å². The van der Waals surface area contributed by atoms with Crippen molar-refractivity contribution in [1.29, 1.82) is 0 Å². The van der Waals surface area contributed by atoms with Crippen LogP contribution in [0.1, 0.15) is 21.2 Å². The van der Waals surface area contributed by atoms with Crippen LogP contribution in [0.3, 0.4) is 0 Å². The van der Waals surface area contributed by atoms with Gasteiger partial charge in [0.15, 0.2) is 0 Å². The third-order valence-corrected chi connectivity index (χ3v) is 3.17. The van der Waals surface area contributed by atoms with Crippen LogP contribution < -0.4 is 0 Å². The lowest BCUT2D eigenvalue weighted by Gasteiger charge is -2.13. The van der Waals surface area contributed by atoms with Gasteiger partial charge in [-0.3, -0.25) is 4.90 Å². The van der Waals surface area contributed by atoms with Crippen LogP contribution in [0.2, 0.25) is 0 Å². The lowest BCUT2D eigenvalue weighted by atomic mass is 10.4. The van der Waals surface area contributed by atoms with Gasteiger partial charge in [0.2, 0.25) is 5.76 Å². The molecule has 0 aliphatic carbocycles. The summed E-state index contributed by atoms with van der Waals surface area (Å²) in [5.41, 5.74) is 0. The summed E-state index contributed by atoms with van der Waals surface area (Å²) in [4.78, 5) is 14.0. The lowest BCUT2D eigenvalue weighted by molar-refractivity contribution is 0.0658. The van der Waals surface area contributed by atoms with E-state index in [9.17, 15) is 4.79 Å². The molecule has 0 fully saturated rings. The van der Waals surface area contributed by atoms with Crippen LogP contribution >= 0.6 is 11.3 Å². The van der Waals surface area contributed by atoms with E-state index in [4.69, 9.17) is 9.52 Å². The molecule has 2 aromatic heterocycles. The Morgan fingerprint density at radius 1 is 1.41 bits per heavy atom. The fourth-order valence-corrected chi connectivity index (χ4v) is 2.35. The van der Waals surface area contributed by atoms with Gasteiger partial charge >= 0.3 is 5.97 Å². The van der Waals surface area contributed by atoms with Crippen LogP contribution in [0.25, 0.3) is 0 Å². The van der Waals surface area contributed by atoms with E-state index in [2.05, 4.69) is 11.0 Å². The molecule has 0 atom stereocenters. The molecule has 0 aromatic carbocycles. The third-order valence-electron chi connectivity index (χ3n) is 2.30. The van der Waals surface area contributed by atoms with Gasteiger partial charge in [-0.25, -0.2) is 4.79 Å². The SMILES string of the molecule is CN(Cc1ccc(C(=O)O)o1)Cc1cccs1. The highest BCUT2D eigenvalue weighted by molar-refractivity contribution is 7.09. The Morgan fingerprint density at radius 3 is 2.82 bits per heavy atom. The number of carboxylic acids is 1. The summed E-state index contributed by atoms with van der Waals surface area (Å²) in [6.07, 6.45) is 0. The number of carboxylic acid groups (broad SMARTS) is 1. The average molecular weight is 251 g/mol. The van der Waals surface area contributed by atoms with Gasteiger partial charge in [0.05, 0.1) is 6.54 Å². The van der Waals surface area contributed by atoms with Crippen molar-refractivity contribution in [2.75, 3.05) is 7.05 Å². The highest BCUT2D eigenvalue weighted by Gasteiger charge is 2.10. The second-order valence-electron chi connectivity index (χ2n) is 3.82. The smallest absolute Gasteiger partial charge is 0.371 e. The van der Waals surface area contributed by atoms with Gasteiger partial charge in [0, 0.05) is 11.4 Å². The average Bonchev–Trinajstić information content (AvgIpc) is 2.88. The van der Waals surface area contributed by atoms with Gasteiger partial charge in [0.25, 0.3) is 0 Å². The maximum Gasteiger partial charge on any atom is 0.371 e. The van der Waals surface area contributed by atoms with Crippen molar-refractivity contribution in [3.05, 3.63) is 46.0 Å². The molecule has 1 N–H and O–H groups in total. The van der Waals surface area contributed by atoms with Gasteiger partial charge in [0.1, 0.15) is 5.76 Å². The van der Waals surface area contributed by atoms with Crippen molar-refractivity contribution in [3.63, 3.8) is 0 Å². The zero-order valence-electron chi connectivity index (χ0n) is 9.42. The van der Waals surface area contributed by atoms with Crippen molar-refractivity contribution in [2.45, 2.75) is 13.1 Å². The Bertz CT molecular complexity index is 490. The molecule has 0 saturated heterocycles. The molecule has 0 saturated carbocycles. The lowest BCUT2D eigenvalue weighted by Crippen LogP contribution is -2.16. The van der Waals surface area contributed by atoms with E-state index in [1.807, 2.05) is 18.5 Å². The molecule has 90 valence electrons. The quantitative estimate of drug-likeness (QED) is 0.887. The molecule has 0 bridgehead atoms. The predicted octanol–water partition coefficient (Wildman–Crippen LogP) is 2.67. The summed E-state index contributed by atoms with van der Waals surface area (Å²) in [5.74, 6) is -0.372. The fourth-order valence-electron chi connectivity index (χ4n) is 1.57. The minimum Gasteiger partial charge on any atom is -0.475 e. The Balaban J connectivity index is 1.93. The van der Waals surface area contributed by atoms with Crippen LogP contribution in [0.15, 0.2) is 34.1 Å². The van der Waals surface area contributed by atoms with Gasteiger partial charge < -0.3 is 9.52 Å². The van der Waals surface area contributed by atoms with E-state index < -0.39 is 5.97 Å². The van der Waals surface area contributed by atoms with E-state index in [1.54, 1.807) is 17.4 Å². The highest BCUT2D eigenvalue weighted by Crippen LogP contribution is 2.14. The van der Waals surface area contributed by atoms with Crippen molar-refractivity contribution in [3.8, 4) is 0 Å². The molecule has 2 rings (SSSR count). The summed E-state index contributed by atoms with van der Waals surface area (Å²) in [6, 6.07) is 7.28. The molecular formula is C12H13NO3S. The number of hydrogen-bond donors (Lipinski definition) is 1. The minimum absolute atomic E-state index is 0.00970. The van der Waals surface area contributed by atoms with E-state index in [0.717, 1.165) is 6.54 Å². The maximum absolute atomic E-state index is 10.7. The molecule has 5 heteroatoms. The highest BCUT2D eigenvalue weighted by atomic mass is 32.1. The van der Waals surface area contributed by atoms with Gasteiger partial charge in [-0.15, -0.1) is 11.3 Å². The molecule has 0 aliphatic heterocycles. The number of thiophene rings is 1. The summed E-state index contributed by atoms with van der Waals surface area (Å²) in [7, 11) is 1.97. The van der Waals surface area contributed by atoms with Gasteiger partial charge in [-0.05, 0) is 30.6 Å². The summed E-state index contributed by atoms with van der Waals surface area (Å²) < 4.78 is 5.20. The second kappa shape index (κ2) is 5.16. The zero-order valence-corrected chi connectivity index (χ0v) is 10.2. The maximum atomic E-state index is 10.7. The molecule has 4 nitrogen and oxygen atoms in total. The first-order chi connectivity index (χ1) is 8.15. The third kappa shape index (κ3) is 3.18. The molecular weight excluding hydrogens is 238 g/mol.